The molecule has 182 valence electrons. The summed E-state index contributed by atoms with van der Waals surface area (Å²) in [5.74, 6) is 0.0354. The molecule has 5 aromatic rings. The maximum absolute atomic E-state index is 13.0. The van der Waals surface area contributed by atoms with Gasteiger partial charge in [-0.3, -0.25) is 14.2 Å². The largest absolute Gasteiger partial charge is 0.360 e. The van der Waals surface area contributed by atoms with Crippen molar-refractivity contribution in [3.63, 3.8) is 0 Å². The molecule has 1 amide bonds. The number of nitrogens with one attached hydrogen (secondary N) is 1. The van der Waals surface area contributed by atoms with E-state index in [4.69, 9.17) is 27.7 Å². The van der Waals surface area contributed by atoms with Crippen LogP contribution in [-0.2, 0) is 13.1 Å². The number of hydrogen-bond acceptors (Lipinski definition) is 6. The Morgan fingerprint density at radius 3 is 2.67 bits per heavy atom. The molecule has 0 saturated heterocycles. The molecule has 0 unspecified atom stereocenters. The topological polar surface area (TPSA) is 108 Å². The molecular formula is C25H20Cl2N6O3. The standard InChI is InChI=1S/C25H20Cl2N6O3/c1-15-21(22(31-36-15)18-4-2-3-5-20(18)27)24(34)28-10-11-33-23-19(12-30-33)25(35)32(14-29-23)13-16-6-8-17(26)9-7-16/h2-9,12,14H,10-11,13H2,1H3,(H,28,34). The number of benzene rings is 2. The van der Waals surface area contributed by atoms with E-state index in [0.717, 1.165) is 5.56 Å². The minimum atomic E-state index is -0.349. The van der Waals surface area contributed by atoms with Crippen LogP contribution < -0.4 is 10.9 Å². The lowest BCUT2D eigenvalue weighted by Gasteiger charge is -2.08. The van der Waals surface area contributed by atoms with Crippen molar-refractivity contribution in [2.24, 2.45) is 0 Å². The lowest BCUT2D eigenvalue weighted by molar-refractivity contribution is 0.0951. The maximum Gasteiger partial charge on any atom is 0.264 e. The van der Waals surface area contributed by atoms with Crippen LogP contribution in [0.25, 0.3) is 22.3 Å². The van der Waals surface area contributed by atoms with Gasteiger partial charge in [0.25, 0.3) is 11.5 Å². The molecule has 0 bridgehead atoms. The van der Waals surface area contributed by atoms with Crippen molar-refractivity contribution in [2.75, 3.05) is 6.54 Å². The number of halogens is 2. The first-order chi connectivity index (χ1) is 17.4. The summed E-state index contributed by atoms with van der Waals surface area (Å²) in [5, 5.41) is 12.7. The molecule has 36 heavy (non-hydrogen) atoms. The van der Waals surface area contributed by atoms with Crippen molar-refractivity contribution in [1.29, 1.82) is 0 Å². The van der Waals surface area contributed by atoms with Crippen molar-refractivity contribution in [3.05, 3.63) is 98.3 Å². The van der Waals surface area contributed by atoms with E-state index in [1.54, 1.807) is 41.9 Å². The van der Waals surface area contributed by atoms with Crippen LogP contribution in [0, 0.1) is 6.92 Å². The van der Waals surface area contributed by atoms with Crippen LogP contribution in [0.2, 0.25) is 10.0 Å². The first-order valence-corrected chi connectivity index (χ1v) is 11.8. The summed E-state index contributed by atoms with van der Waals surface area (Å²) in [5.41, 5.74) is 2.48. The van der Waals surface area contributed by atoms with Crippen molar-refractivity contribution in [3.8, 4) is 11.3 Å². The van der Waals surface area contributed by atoms with Crippen LogP contribution >= 0.6 is 23.2 Å². The van der Waals surface area contributed by atoms with Gasteiger partial charge in [0, 0.05) is 17.1 Å². The highest BCUT2D eigenvalue weighted by Crippen LogP contribution is 2.30. The Labute approximate surface area is 215 Å². The minimum absolute atomic E-state index is 0.199. The normalized spacial score (nSPS) is 11.2. The summed E-state index contributed by atoms with van der Waals surface area (Å²) in [7, 11) is 0. The number of rotatable bonds is 7. The SMILES string of the molecule is Cc1onc(-c2ccccc2Cl)c1C(=O)NCCn1ncc2c(=O)n(Cc3ccc(Cl)cc3)cnc21. The van der Waals surface area contributed by atoms with Gasteiger partial charge in [0.1, 0.15) is 28.7 Å². The molecular weight excluding hydrogens is 503 g/mol. The number of fused-ring (bicyclic) bond motifs is 1. The lowest BCUT2D eigenvalue weighted by Crippen LogP contribution is -2.28. The molecule has 0 spiro atoms. The van der Waals surface area contributed by atoms with E-state index >= 15 is 0 Å². The maximum atomic E-state index is 13.0. The summed E-state index contributed by atoms with van der Waals surface area (Å²) in [4.78, 5) is 30.3. The van der Waals surface area contributed by atoms with Gasteiger partial charge in [-0.25, -0.2) is 9.67 Å². The summed E-state index contributed by atoms with van der Waals surface area (Å²) in [6.07, 6.45) is 2.98. The summed E-state index contributed by atoms with van der Waals surface area (Å²) < 4.78 is 8.37. The van der Waals surface area contributed by atoms with Crippen LogP contribution in [0.3, 0.4) is 0 Å². The van der Waals surface area contributed by atoms with E-state index in [9.17, 15) is 9.59 Å². The van der Waals surface area contributed by atoms with E-state index in [2.05, 4.69) is 20.6 Å². The molecule has 0 fully saturated rings. The predicted octanol–water partition coefficient (Wildman–Crippen LogP) is 4.34. The van der Waals surface area contributed by atoms with Gasteiger partial charge in [-0.2, -0.15) is 5.10 Å². The minimum Gasteiger partial charge on any atom is -0.360 e. The Morgan fingerprint density at radius 1 is 1.11 bits per heavy atom. The van der Waals surface area contributed by atoms with Gasteiger partial charge >= 0.3 is 0 Å². The van der Waals surface area contributed by atoms with Gasteiger partial charge < -0.3 is 9.84 Å². The molecule has 11 heteroatoms. The summed E-state index contributed by atoms with van der Waals surface area (Å²) in [6, 6.07) is 14.4. The fraction of sp³-hybridized carbons (Fsp3) is 0.160. The van der Waals surface area contributed by atoms with Gasteiger partial charge in [-0.1, -0.05) is 58.7 Å². The Kier molecular flexibility index (Phi) is 6.58. The third-order valence-electron chi connectivity index (χ3n) is 5.72. The van der Waals surface area contributed by atoms with E-state index in [1.165, 1.54) is 17.1 Å². The second-order valence-electron chi connectivity index (χ2n) is 8.11. The highest BCUT2D eigenvalue weighted by molar-refractivity contribution is 6.33. The van der Waals surface area contributed by atoms with Crippen molar-refractivity contribution >= 4 is 40.1 Å². The van der Waals surface area contributed by atoms with Crippen LogP contribution in [-0.4, -0.2) is 36.9 Å². The van der Waals surface area contributed by atoms with Crippen LogP contribution in [0.4, 0.5) is 0 Å². The molecule has 0 radical (unpaired) electrons. The van der Waals surface area contributed by atoms with Gasteiger partial charge in [0.05, 0.1) is 24.3 Å². The molecule has 2 aromatic carbocycles. The molecule has 0 atom stereocenters. The summed E-state index contributed by atoms with van der Waals surface area (Å²) >= 11 is 12.2. The second-order valence-corrected chi connectivity index (χ2v) is 8.95. The smallest absolute Gasteiger partial charge is 0.264 e. The van der Waals surface area contributed by atoms with Gasteiger partial charge in [-0.15, -0.1) is 0 Å². The molecule has 3 aromatic heterocycles. The number of carbonyl (C=O) groups is 1. The fourth-order valence-electron chi connectivity index (χ4n) is 3.90. The zero-order chi connectivity index (χ0) is 25.2. The number of aryl methyl sites for hydroxylation is 1. The average molecular weight is 523 g/mol. The molecule has 0 aliphatic rings. The second kappa shape index (κ2) is 9.96. The molecule has 3 heterocycles. The highest BCUT2D eigenvalue weighted by atomic mass is 35.5. The molecule has 0 aliphatic heterocycles. The molecule has 9 nitrogen and oxygen atoms in total. The van der Waals surface area contributed by atoms with Crippen LogP contribution in [0.15, 0.2) is 70.4 Å². The predicted molar refractivity (Wildman–Crippen MR) is 136 cm³/mol. The van der Waals surface area contributed by atoms with Crippen molar-refractivity contribution < 1.29 is 9.32 Å². The monoisotopic (exact) mass is 522 g/mol. The van der Waals surface area contributed by atoms with Crippen LogP contribution in [0.5, 0.6) is 0 Å². The van der Waals surface area contributed by atoms with E-state index in [-0.39, 0.29) is 18.0 Å². The third-order valence-corrected chi connectivity index (χ3v) is 6.30. The summed E-state index contributed by atoms with van der Waals surface area (Å²) in [6.45, 7) is 2.60. The third kappa shape index (κ3) is 4.62. The Bertz CT molecular complexity index is 1620. The van der Waals surface area contributed by atoms with E-state index in [0.29, 0.717) is 56.7 Å². The molecule has 1 N–H and O–H groups in total. The number of hydrogen-bond donors (Lipinski definition) is 1. The first kappa shape index (κ1) is 23.8. The van der Waals surface area contributed by atoms with Crippen molar-refractivity contribution in [2.45, 2.75) is 20.0 Å². The first-order valence-electron chi connectivity index (χ1n) is 11.1. The van der Waals surface area contributed by atoms with E-state index in [1.807, 2.05) is 18.2 Å². The number of nitrogens with zero attached hydrogens (tertiary/aromatic N) is 5. The van der Waals surface area contributed by atoms with Crippen molar-refractivity contribution in [1.82, 2.24) is 29.8 Å². The lowest BCUT2D eigenvalue weighted by atomic mass is 10.1. The van der Waals surface area contributed by atoms with Gasteiger partial charge in [-0.05, 0) is 30.7 Å². The number of aromatic nitrogens is 5. The Balaban J connectivity index is 1.30. The number of amides is 1. The highest BCUT2D eigenvalue weighted by Gasteiger charge is 2.23. The zero-order valence-electron chi connectivity index (χ0n) is 19.1. The van der Waals surface area contributed by atoms with E-state index < -0.39 is 0 Å². The molecule has 0 aliphatic carbocycles. The molecule has 0 saturated carbocycles. The van der Waals surface area contributed by atoms with Gasteiger partial charge in [0.2, 0.25) is 0 Å². The quantitative estimate of drug-likeness (QED) is 0.340. The Hall–Kier alpha value is -3.95. The average Bonchev–Trinajstić information content (AvgIpc) is 3.46. The zero-order valence-corrected chi connectivity index (χ0v) is 20.6. The fourth-order valence-corrected chi connectivity index (χ4v) is 4.25. The molecule has 5 rings (SSSR count). The van der Waals surface area contributed by atoms with Crippen LogP contribution in [0.1, 0.15) is 21.7 Å². The van der Waals surface area contributed by atoms with Gasteiger partial charge in [0.15, 0.2) is 5.65 Å². The Morgan fingerprint density at radius 2 is 1.89 bits per heavy atom. The number of carbonyl (C=O) groups excluding carboxylic acids is 1.